The van der Waals surface area contributed by atoms with Crippen LogP contribution in [0.2, 0.25) is 0 Å². The quantitative estimate of drug-likeness (QED) is 0.651. The highest BCUT2D eigenvalue weighted by Crippen LogP contribution is 1.95. The highest BCUT2D eigenvalue weighted by Gasteiger charge is 2.04. The van der Waals surface area contributed by atoms with Gasteiger partial charge >= 0.3 is 0 Å². The van der Waals surface area contributed by atoms with Crippen molar-refractivity contribution in [3.8, 4) is 0 Å². The third kappa shape index (κ3) is 6.92. The second kappa shape index (κ2) is 9.33. The van der Waals surface area contributed by atoms with E-state index in [1.807, 2.05) is 6.08 Å². The predicted molar refractivity (Wildman–Crippen MR) is 54.0 cm³/mol. The molecule has 0 aliphatic carbocycles. The Morgan fingerprint density at radius 2 is 2.33 bits per heavy atom. The summed E-state index contributed by atoms with van der Waals surface area (Å²) in [5.74, 6) is 0.644. The van der Waals surface area contributed by atoms with Gasteiger partial charge in [0.05, 0.1) is 6.61 Å². The first-order valence-corrected chi connectivity index (χ1v) is 4.85. The Morgan fingerprint density at radius 1 is 1.58 bits per heavy atom. The Hall–Kier alpha value is 0.240. The Bertz CT molecular complexity index is 114. The van der Waals surface area contributed by atoms with Crippen molar-refractivity contribution in [1.29, 1.82) is 0 Å². The van der Waals surface area contributed by atoms with Crippen molar-refractivity contribution in [2.75, 3.05) is 26.1 Å². The van der Waals surface area contributed by atoms with Gasteiger partial charge in [-0.2, -0.15) is 0 Å². The molecule has 2 nitrogen and oxygen atoms in total. The maximum absolute atomic E-state index is 5.61. The molecular formula is C8H15Cl2NO. The number of halogens is 2. The molecule has 0 fully saturated rings. The molecule has 1 atom stereocenters. The molecule has 4 heteroatoms. The van der Waals surface area contributed by atoms with Crippen LogP contribution >= 0.6 is 23.2 Å². The number of hydrogen-bond donors (Lipinski definition) is 1. The Labute approximate surface area is 83.9 Å². The van der Waals surface area contributed by atoms with Crippen molar-refractivity contribution >= 4 is 23.2 Å². The van der Waals surface area contributed by atoms with Crippen molar-refractivity contribution in [2.45, 2.75) is 12.5 Å². The van der Waals surface area contributed by atoms with Crippen LogP contribution in [0.15, 0.2) is 11.6 Å². The Morgan fingerprint density at radius 3 is 2.83 bits per heavy atom. The van der Waals surface area contributed by atoms with Gasteiger partial charge in [0.2, 0.25) is 0 Å². The summed E-state index contributed by atoms with van der Waals surface area (Å²) < 4.78 is 5.01. The van der Waals surface area contributed by atoms with E-state index in [0.717, 1.165) is 13.0 Å². The van der Waals surface area contributed by atoms with Crippen molar-refractivity contribution in [3.05, 3.63) is 11.6 Å². The zero-order valence-corrected chi connectivity index (χ0v) is 8.74. The number of ether oxygens (including phenoxy) is 1. The molecule has 0 aromatic carbocycles. The van der Waals surface area contributed by atoms with E-state index in [1.54, 1.807) is 7.11 Å². The van der Waals surface area contributed by atoms with Gasteiger partial charge in [-0.25, -0.2) is 0 Å². The number of alkyl halides is 1. The lowest BCUT2D eigenvalue weighted by Gasteiger charge is -2.14. The van der Waals surface area contributed by atoms with E-state index < -0.39 is 0 Å². The van der Waals surface area contributed by atoms with E-state index in [2.05, 4.69) is 5.32 Å². The van der Waals surface area contributed by atoms with Gasteiger partial charge in [-0.3, -0.25) is 0 Å². The smallest absolute Gasteiger partial charge is 0.0616 e. The first kappa shape index (κ1) is 12.2. The topological polar surface area (TPSA) is 21.3 Å². The SMILES string of the molecule is COCC(CCCl)NC/C=C/Cl. The summed E-state index contributed by atoms with van der Waals surface area (Å²) in [5.41, 5.74) is 1.50. The van der Waals surface area contributed by atoms with Crippen LogP contribution in [0.25, 0.3) is 0 Å². The minimum absolute atomic E-state index is 0.320. The fourth-order valence-corrected chi connectivity index (χ4v) is 1.21. The van der Waals surface area contributed by atoms with Crippen LogP contribution in [-0.4, -0.2) is 32.2 Å². The fourth-order valence-electron chi connectivity index (χ4n) is 0.856. The standard InChI is InChI=1S/C8H15Cl2NO/c1-12-7-8(3-5-10)11-6-2-4-9/h2,4,8,11H,3,5-7H2,1H3/b4-2+. The van der Waals surface area contributed by atoms with Crippen LogP contribution in [-0.2, 0) is 4.74 Å². The molecule has 0 spiro atoms. The Balaban J connectivity index is 3.47. The summed E-state index contributed by atoms with van der Waals surface area (Å²) in [6.45, 7) is 1.44. The minimum atomic E-state index is 0.320. The number of methoxy groups -OCH3 is 1. The number of hydrogen-bond acceptors (Lipinski definition) is 2. The lowest BCUT2D eigenvalue weighted by molar-refractivity contribution is 0.166. The maximum atomic E-state index is 5.61. The van der Waals surface area contributed by atoms with Crippen molar-refractivity contribution in [2.24, 2.45) is 0 Å². The van der Waals surface area contributed by atoms with Gasteiger partial charge in [0.15, 0.2) is 0 Å². The van der Waals surface area contributed by atoms with E-state index in [1.165, 1.54) is 5.54 Å². The number of nitrogens with one attached hydrogen (secondary N) is 1. The van der Waals surface area contributed by atoms with Gasteiger partial charge in [0.1, 0.15) is 0 Å². The molecule has 0 radical (unpaired) electrons. The fraction of sp³-hybridized carbons (Fsp3) is 0.750. The lowest BCUT2D eigenvalue weighted by atomic mass is 10.2. The van der Waals surface area contributed by atoms with Gasteiger partial charge in [-0.1, -0.05) is 17.7 Å². The zero-order chi connectivity index (χ0) is 9.23. The molecule has 0 bridgehead atoms. The average molecular weight is 212 g/mol. The second-order valence-corrected chi connectivity index (χ2v) is 3.03. The average Bonchev–Trinajstić information content (AvgIpc) is 2.06. The molecule has 0 aliphatic rings. The molecule has 0 saturated carbocycles. The van der Waals surface area contributed by atoms with E-state index in [4.69, 9.17) is 27.9 Å². The third-order valence-electron chi connectivity index (χ3n) is 1.44. The summed E-state index contributed by atoms with van der Waals surface area (Å²) in [6, 6.07) is 0.320. The molecule has 0 rings (SSSR count). The van der Waals surface area contributed by atoms with Gasteiger partial charge < -0.3 is 10.1 Å². The summed E-state index contributed by atoms with van der Waals surface area (Å²) in [5, 5.41) is 3.24. The molecule has 72 valence electrons. The van der Waals surface area contributed by atoms with E-state index in [0.29, 0.717) is 18.5 Å². The molecule has 0 aliphatic heterocycles. The molecule has 0 saturated heterocycles. The molecule has 1 N–H and O–H groups in total. The first-order chi connectivity index (χ1) is 5.85. The molecule has 0 aromatic heterocycles. The highest BCUT2D eigenvalue weighted by atomic mass is 35.5. The molecule has 0 heterocycles. The van der Waals surface area contributed by atoms with Crippen LogP contribution in [0.5, 0.6) is 0 Å². The zero-order valence-electron chi connectivity index (χ0n) is 7.22. The third-order valence-corrected chi connectivity index (χ3v) is 1.84. The molecular weight excluding hydrogens is 197 g/mol. The summed E-state index contributed by atoms with van der Waals surface area (Å²) in [6.07, 6.45) is 2.75. The van der Waals surface area contributed by atoms with Crippen molar-refractivity contribution < 1.29 is 4.74 Å². The molecule has 0 amide bonds. The van der Waals surface area contributed by atoms with Crippen molar-refractivity contribution in [3.63, 3.8) is 0 Å². The lowest BCUT2D eigenvalue weighted by Crippen LogP contribution is -2.33. The maximum Gasteiger partial charge on any atom is 0.0616 e. The molecule has 0 aromatic rings. The van der Waals surface area contributed by atoms with Gasteiger partial charge in [-0.15, -0.1) is 11.6 Å². The second-order valence-electron chi connectivity index (χ2n) is 2.40. The van der Waals surface area contributed by atoms with E-state index in [-0.39, 0.29) is 0 Å². The van der Waals surface area contributed by atoms with E-state index in [9.17, 15) is 0 Å². The van der Waals surface area contributed by atoms with Crippen LogP contribution in [0.4, 0.5) is 0 Å². The Kier molecular flexibility index (Phi) is 9.52. The van der Waals surface area contributed by atoms with Gasteiger partial charge in [0, 0.05) is 31.1 Å². The highest BCUT2D eigenvalue weighted by molar-refractivity contribution is 6.25. The van der Waals surface area contributed by atoms with Crippen LogP contribution in [0.1, 0.15) is 6.42 Å². The first-order valence-electron chi connectivity index (χ1n) is 3.88. The van der Waals surface area contributed by atoms with Crippen LogP contribution in [0.3, 0.4) is 0 Å². The summed E-state index contributed by atoms with van der Waals surface area (Å²) in [7, 11) is 1.68. The van der Waals surface area contributed by atoms with Crippen LogP contribution in [0, 0.1) is 0 Å². The van der Waals surface area contributed by atoms with Gasteiger partial charge in [0.25, 0.3) is 0 Å². The summed E-state index contributed by atoms with van der Waals surface area (Å²) in [4.78, 5) is 0. The predicted octanol–water partition coefficient (Wildman–Crippen LogP) is 1.97. The van der Waals surface area contributed by atoms with E-state index >= 15 is 0 Å². The summed E-state index contributed by atoms with van der Waals surface area (Å²) >= 11 is 11.0. The normalized spacial score (nSPS) is 13.9. The largest absolute Gasteiger partial charge is 0.383 e. The van der Waals surface area contributed by atoms with Crippen LogP contribution < -0.4 is 5.32 Å². The molecule has 1 unspecified atom stereocenters. The molecule has 12 heavy (non-hydrogen) atoms. The monoisotopic (exact) mass is 211 g/mol. The number of rotatable bonds is 7. The van der Waals surface area contributed by atoms with Gasteiger partial charge in [-0.05, 0) is 6.42 Å². The minimum Gasteiger partial charge on any atom is -0.383 e. The van der Waals surface area contributed by atoms with Crippen molar-refractivity contribution in [1.82, 2.24) is 5.32 Å².